The van der Waals surface area contributed by atoms with Gasteiger partial charge in [-0.25, -0.2) is 4.79 Å². The SMILES string of the molecule is O=C(c1ccccc1)c1cccc([C@@]2(C(=O)O)CCCN2)c1. The molecule has 0 saturated carbocycles. The van der Waals surface area contributed by atoms with Crippen molar-refractivity contribution in [1.82, 2.24) is 5.32 Å². The van der Waals surface area contributed by atoms with Gasteiger partial charge in [-0.1, -0.05) is 48.5 Å². The van der Waals surface area contributed by atoms with Crippen molar-refractivity contribution in [2.75, 3.05) is 6.54 Å². The van der Waals surface area contributed by atoms with Gasteiger partial charge >= 0.3 is 5.97 Å². The maximum absolute atomic E-state index is 12.5. The lowest BCUT2D eigenvalue weighted by Gasteiger charge is -2.25. The highest BCUT2D eigenvalue weighted by atomic mass is 16.4. The number of carbonyl (C=O) groups is 2. The molecular weight excluding hydrogens is 278 g/mol. The number of carbonyl (C=O) groups excluding carboxylic acids is 1. The Morgan fingerprint density at radius 3 is 2.36 bits per heavy atom. The van der Waals surface area contributed by atoms with Gasteiger partial charge in [0.05, 0.1) is 0 Å². The van der Waals surface area contributed by atoms with Crippen LogP contribution in [-0.4, -0.2) is 23.4 Å². The number of hydrogen-bond acceptors (Lipinski definition) is 3. The van der Waals surface area contributed by atoms with Crippen molar-refractivity contribution >= 4 is 11.8 Å². The zero-order chi connectivity index (χ0) is 15.6. The lowest BCUT2D eigenvalue weighted by molar-refractivity contribution is -0.144. The normalized spacial score (nSPS) is 20.7. The maximum Gasteiger partial charge on any atom is 0.328 e. The molecule has 4 heteroatoms. The van der Waals surface area contributed by atoms with Gasteiger partial charge in [-0.05, 0) is 31.0 Å². The molecule has 4 nitrogen and oxygen atoms in total. The van der Waals surface area contributed by atoms with E-state index in [1.165, 1.54) is 0 Å². The van der Waals surface area contributed by atoms with E-state index < -0.39 is 11.5 Å². The Hall–Kier alpha value is -2.46. The Balaban J connectivity index is 2.00. The van der Waals surface area contributed by atoms with E-state index in [1.807, 2.05) is 18.2 Å². The average molecular weight is 295 g/mol. The number of ketones is 1. The van der Waals surface area contributed by atoms with Crippen LogP contribution in [0.3, 0.4) is 0 Å². The van der Waals surface area contributed by atoms with E-state index >= 15 is 0 Å². The van der Waals surface area contributed by atoms with Crippen LogP contribution in [0.25, 0.3) is 0 Å². The van der Waals surface area contributed by atoms with Crippen LogP contribution in [0.2, 0.25) is 0 Å². The third-order valence-corrected chi connectivity index (χ3v) is 4.17. The molecule has 112 valence electrons. The molecule has 1 atom stereocenters. The fourth-order valence-corrected chi connectivity index (χ4v) is 2.98. The second kappa shape index (κ2) is 5.73. The van der Waals surface area contributed by atoms with E-state index in [0.29, 0.717) is 29.7 Å². The van der Waals surface area contributed by atoms with Gasteiger partial charge in [-0.3, -0.25) is 10.1 Å². The number of nitrogens with one attached hydrogen (secondary N) is 1. The van der Waals surface area contributed by atoms with Crippen LogP contribution in [0, 0.1) is 0 Å². The van der Waals surface area contributed by atoms with Gasteiger partial charge < -0.3 is 5.11 Å². The third-order valence-electron chi connectivity index (χ3n) is 4.17. The summed E-state index contributed by atoms with van der Waals surface area (Å²) in [5, 5.41) is 12.7. The average Bonchev–Trinajstić information content (AvgIpc) is 3.06. The van der Waals surface area contributed by atoms with Crippen LogP contribution in [0.4, 0.5) is 0 Å². The molecule has 0 unspecified atom stereocenters. The zero-order valence-corrected chi connectivity index (χ0v) is 12.1. The summed E-state index contributed by atoms with van der Waals surface area (Å²) in [7, 11) is 0. The molecule has 0 bridgehead atoms. The zero-order valence-electron chi connectivity index (χ0n) is 12.1. The molecule has 0 radical (unpaired) electrons. The molecule has 22 heavy (non-hydrogen) atoms. The number of benzene rings is 2. The topological polar surface area (TPSA) is 66.4 Å². The molecule has 2 aromatic rings. The second-order valence-corrected chi connectivity index (χ2v) is 5.52. The highest BCUT2D eigenvalue weighted by Gasteiger charge is 2.42. The molecule has 0 amide bonds. The van der Waals surface area contributed by atoms with Crippen LogP contribution < -0.4 is 5.32 Å². The molecule has 1 fully saturated rings. The summed E-state index contributed by atoms with van der Waals surface area (Å²) in [4.78, 5) is 24.2. The minimum Gasteiger partial charge on any atom is -0.480 e. The molecule has 0 aliphatic carbocycles. The monoisotopic (exact) mass is 295 g/mol. The number of rotatable bonds is 4. The summed E-state index contributed by atoms with van der Waals surface area (Å²) < 4.78 is 0. The Kier molecular flexibility index (Phi) is 3.77. The predicted octanol–water partition coefficient (Wildman–Crippen LogP) is 2.58. The molecule has 3 rings (SSSR count). The van der Waals surface area contributed by atoms with Gasteiger partial charge in [0.15, 0.2) is 5.78 Å². The smallest absolute Gasteiger partial charge is 0.328 e. The lowest BCUT2D eigenvalue weighted by atomic mass is 9.86. The van der Waals surface area contributed by atoms with Gasteiger partial charge in [0, 0.05) is 11.1 Å². The van der Waals surface area contributed by atoms with Crippen molar-refractivity contribution in [3.05, 3.63) is 71.3 Å². The maximum atomic E-state index is 12.5. The van der Waals surface area contributed by atoms with Gasteiger partial charge in [-0.15, -0.1) is 0 Å². The van der Waals surface area contributed by atoms with E-state index in [4.69, 9.17) is 0 Å². The summed E-state index contributed by atoms with van der Waals surface area (Å²) in [5.74, 6) is -0.990. The van der Waals surface area contributed by atoms with Crippen molar-refractivity contribution in [2.45, 2.75) is 18.4 Å². The summed E-state index contributed by atoms with van der Waals surface area (Å²) >= 11 is 0. The minimum absolute atomic E-state index is 0.0963. The number of hydrogen-bond donors (Lipinski definition) is 2. The molecular formula is C18H17NO3. The summed E-state index contributed by atoms with van der Waals surface area (Å²) in [6.45, 7) is 0.670. The largest absolute Gasteiger partial charge is 0.480 e. The number of carboxylic acids is 1. The summed E-state index contributed by atoms with van der Waals surface area (Å²) in [5.41, 5.74) is 0.674. The van der Waals surface area contributed by atoms with Crippen molar-refractivity contribution in [3.8, 4) is 0 Å². The van der Waals surface area contributed by atoms with Crippen LogP contribution >= 0.6 is 0 Å². The first-order chi connectivity index (χ1) is 10.6. The quantitative estimate of drug-likeness (QED) is 0.851. The van der Waals surface area contributed by atoms with Crippen molar-refractivity contribution in [2.24, 2.45) is 0 Å². The predicted molar refractivity (Wildman–Crippen MR) is 82.9 cm³/mol. The van der Waals surface area contributed by atoms with Crippen molar-refractivity contribution in [3.63, 3.8) is 0 Å². The van der Waals surface area contributed by atoms with E-state index in [1.54, 1.807) is 36.4 Å². The first kappa shape index (κ1) is 14.5. The Morgan fingerprint density at radius 2 is 1.73 bits per heavy atom. The molecule has 1 aliphatic heterocycles. The minimum atomic E-state index is -1.08. The number of aliphatic carboxylic acids is 1. The van der Waals surface area contributed by atoms with Crippen molar-refractivity contribution in [1.29, 1.82) is 0 Å². The fourth-order valence-electron chi connectivity index (χ4n) is 2.98. The van der Waals surface area contributed by atoms with E-state index in [0.717, 1.165) is 6.42 Å². The van der Waals surface area contributed by atoms with Crippen LogP contribution in [0.1, 0.15) is 34.3 Å². The Bertz CT molecular complexity index is 703. The standard InChI is InChI=1S/C18H17NO3/c20-16(13-6-2-1-3-7-13)14-8-4-9-15(12-14)18(17(21)22)10-5-11-19-18/h1-4,6-9,12,19H,5,10-11H2,(H,21,22)/t18-/m1/s1. The van der Waals surface area contributed by atoms with Crippen LogP contribution in [0.5, 0.6) is 0 Å². The first-order valence-corrected chi connectivity index (χ1v) is 7.32. The second-order valence-electron chi connectivity index (χ2n) is 5.52. The first-order valence-electron chi connectivity index (χ1n) is 7.32. The van der Waals surface area contributed by atoms with E-state index in [-0.39, 0.29) is 5.78 Å². The van der Waals surface area contributed by atoms with Crippen LogP contribution in [-0.2, 0) is 10.3 Å². The Labute approximate surface area is 128 Å². The van der Waals surface area contributed by atoms with Gasteiger partial charge in [-0.2, -0.15) is 0 Å². The van der Waals surface area contributed by atoms with Gasteiger partial charge in [0.25, 0.3) is 0 Å². The fraction of sp³-hybridized carbons (Fsp3) is 0.222. The molecule has 1 aliphatic rings. The highest BCUT2D eigenvalue weighted by Crippen LogP contribution is 2.32. The molecule has 0 spiro atoms. The van der Waals surface area contributed by atoms with Gasteiger partial charge in [0.1, 0.15) is 5.54 Å². The van der Waals surface area contributed by atoms with Crippen molar-refractivity contribution < 1.29 is 14.7 Å². The van der Waals surface area contributed by atoms with Gasteiger partial charge in [0.2, 0.25) is 0 Å². The lowest BCUT2D eigenvalue weighted by Crippen LogP contribution is -2.44. The molecule has 2 aromatic carbocycles. The Morgan fingerprint density at radius 1 is 1.00 bits per heavy atom. The molecule has 1 heterocycles. The third kappa shape index (κ3) is 2.42. The highest BCUT2D eigenvalue weighted by molar-refractivity contribution is 6.09. The summed E-state index contributed by atoms with van der Waals surface area (Å²) in [6, 6.07) is 15.9. The summed E-state index contributed by atoms with van der Waals surface area (Å²) in [6.07, 6.45) is 1.34. The number of carboxylic acid groups (broad SMARTS) is 1. The van der Waals surface area contributed by atoms with E-state index in [2.05, 4.69) is 5.32 Å². The van der Waals surface area contributed by atoms with E-state index in [9.17, 15) is 14.7 Å². The van der Waals surface area contributed by atoms with Crippen LogP contribution in [0.15, 0.2) is 54.6 Å². The molecule has 1 saturated heterocycles. The molecule has 2 N–H and O–H groups in total. The molecule has 0 aromatic heterocycles.